The fourth-order valence-electron chi connectivity index (χ4n) is 2.54. The summed E-state index contributed by atoms with van der Waals surface area (Å²) in [5, 5.41) is 2.97. The van der Waals surface area contributed by atoms with E-state index in [4.69, 9.17) is 0 Å². The molecule has 3 rings (SSSR count). The number of rotatable bonds is 7. The van der Waals surface area contributed by atoms with Crippen LogP contribution in [0.1, 0.15) is 16.8 Å². The lowest BCUT2D eigenvalue weighted by Crippen LogP contribution is -2.27. The van der Waals surface area contributed by atoms with Crippen LogP contribution in [0.15, 0.2) is 60.0 Å². The van der Waals surface area contributed by atoms with Gasteiger partial charge in [-0.2, -0.15) is 0 Å². The fraction of sp³-hybridized carbons (Fsp3) is 0.211. The molecule has 0 unspecified atom stereocenters. The number of hydrogen-bond donors (Lipinski definition) is 1. The highest BCUT2D eigenvalue weighted by Gasteiger charge is 2.12. The van der Waals surface area contributed by atoms with Gasteiger partial charge in [0, 0.05) is 23.9 Å². The van der Waals surface area contributed by atoms with Crippen LogP contribution in [0.5, 0.6) is 0 Å². The van der Waals surface area contributed by atoms with E-state index in [1.54, 1.807) is 11.3 Å². The van der Waals surface area contributed by atoms with E-state index < -0.39 is 10.0 Å². The van der Waals surface area contributed by atoms with Crippen LogP contribution in [0, 0.1) is 6.92 Å². The Morgan fingerprint density at radius 1 is 1.04 bits per heavy atom. The molecule has 0 saturated carbocycles. The van der Waals surface area contributed by atoms with Gasteiger partial charge in [-0.1, -0.05) is 54.6 Å². The van der Waals surface area contributed by atoms with Crippen molar-refractivity contribution >= 4 is 21.4 Å². The molecule has 1 N–H and O–H groups in total. The van der Waals surface area contributed by atoms with E-state index in [9.17, 15) is 8.42 Å². The monoisotopic (exact) mass is 372 g/mol. The van der Waals surface area contributed by atoms with Crippen LogP contribution in [-0.4, -0.2) is 19.9 Å². The third-order valence-corrected chi connectivity index (χ3v) is 6.11. The molecule has 0 aliphatic carbocycles. The second-order valence-corrected chi connectivity index (χ2v) is 8.51. The highest BCUT2D eigenvalue weighted by atomic mass is 32.2. The molecule has 130 valence electrons. The lowest BCUT2D eigenvalue weighted by Gasteiger charge is -2.06. The van der Waals surface area contributed by atoms with Gasteiger partial charge in [0.2, 0.25) is 10.0 Å². The first kappa shape index (κ1) is 17.8. The summed E-state index contributed by atoms with van der Waals surface area (Å²) in [7, 11) is -3.33. The normalized spacial score (nSPS) is 11.6. The van der Waals surface area contributed by atoms with E-state index in [0.29, 0.717) is 13.0 Å². The Hall–Kier alpha value is -2.02. The topological polar surface area (TPSA) is 59.1 Å². The molecule has 0 spiro atoms. The first-order valence-electron chi connectivity index (χ1n) is 8.05. The van der Waals surface area contributed by atoms with Crippen LogP contribution < -0.4 is 4.72 Å². The maximum Gasteiger partial charge on any atom is 0.215 e. The van der Waals surface area contributed by atoms with E-state index in [2.05, 4.69) is 28.8 Å². The quantitative estimate of drug-likeness (QED) is 0.687. The molecule has 2 aromatic carbocycles. The number of aromatic nitrogens is 1. The number of thiazole rings is 1. The lowest BCUT2D eigenvalue weighted by molar-refractivity contribution is 0.580. The maximum atomic E-state index is 12.1. The number of sulfonamides is 1. The number of nitrogens with one attached hydrogen (secondary N) is 1. The smallest absolute Gasteiger partial charge is 0.215 e. The van der Waals surface area contributed by atoms with Crippen molar-refractivity contribution < 1.29 is 8.42 Å². The van der Waals surface area contributed by atoms with Crippen LogP contribution in [0.25, 0.3) is 10.6 Å². The van der Waals surface area contributed by atoms with E-state index >= 15 is 0 Å². The molecular formula is C19H20N2O2S2. The Bertz CT molecular complexity index is 935. The van der Waals surface area contributed by atoms with Gasteiger partial charge in [0.15, 0.2) is 0 Å². The van der Waals surface area contributed by atoms with Crippen molar-refractivity contribution in [2.45, 2.75) is 19.1 Å². The third-order valence-electron chi connectivity index (χ3n) is 3.83. The van der Waals surface area contributed by atoms with Gasteiger partial charge in [-0.15, -0.1) is 11.3 Å². The van der Waals surface area contributed by atoms with Crippen molar-refractivity contribution in [2.75, 3.05) is 6.54 Å². The van der Waals surface area contributed by atoms with Crippen molar-refractivity contribution in [2.24, 2.45) is 0 Å². The van der Waals surface area contributed by atoms with E-state index in [0.717, 1.165) is 21.8 Å². The number of aryl methyl sites for hydroxylation is 1. The van der Waals surface area contributed by atoms with Gasteiger partial charge in [-0.05, 0) is 18.1 Å². The van der Waals surface area contributed by atoms with Crippen LogP contribution in [0.2, 0.25) is 0 Å². The highest BCUT2D eigenvalue weighted by Crippen LogP contribution is 2.26. The van der Waals surface area contributed by atoms with Crippen LogP contribution in [0.4, 0.5) is 0 Å². The van der Waals surface area contributed by atoms with Crippen molar-refractivity contribution in [3.63, 3.8) is 0 Å². The molecule has 4 nitrogen and oxygen atoms in total. The lowest BCUT2D eigenvalue weighted by atomic mass is 10.1. The molecule has 6 heteroatoms. The van der Waals surface area contributed by atoms with Crippen LogP contribution in [0.3, 0.4) is 0 Å². The minimum atomic E-state index is -3.33. The zero-order valence-corrected chi connectivity index (χ0v) is 15.6. The summed E-state index contributed by atoms with van der Waals surface area (Å²) < 4.78 is 26.9. The van der Waals surface area contributed by atoms with Crippen molar-refractivity contribution in [3.8, 4) is 10.6 Å². The zero-order valence-electron chi connectivity index (χ0n) is 14.0. The molecule has 0 saturated heterocycles. The summed E-state index contributed by atoms with van der Waals surface area (Å²) in [6.07, 6.45) is 0.580. The maximum absolute atomic E-state index is 12.1. The van der Waals surface area contributed by atoms with Crippen molar-refractivity contribution in [1.29, 1.82) is 0 Å². The third kappa shape index (κ3) is 4.98. The summed E-state index contributed by atoms with van der Waals surface area (Å²) in [4.78, 5) is 4.63. The minimum Gasteiger partial charge on any atom is -0.241 e. The average Bonchev–Trinajstić information content (AvgIpc) is 3.04. The molecule has 0 amide bonds. The molecule has 0 aliphatic rings. The number of hydrogen-bond acceptors (Lipinski definition) is 4. The van der Waals surface area contributed by atoms with Gasteiger partial charge in [0.1, 0.15) is 5.01 Å². The Morgan fingerprint density at radius 2 is 1.76 bits per heavy atom. The zero-order chi connectivity index (χ0) is 17.7. The minimum absolute atomic E-state index is 0.000629. The molecule has 0 fully saturated rings. The van der Waals surface area contributed by atoms with E-state index in [1.807, 2.05) is 47.8 Å². The number of benzene rings is 2. The molecular weight excluding hydrogens is 352 g/mol. The molecule has 1 heterocycles. The largest absolute Gasteiger partial charge is 0.241 e. The molecule has 0 radical (unpaired) electrons. The molecule has 1 aromatic heterocycles. The second kappa shape index (κ2) is 7.91. The Morgan fingerprint density at radius 3 is 2.52 bits per heavy atom. The Kier molecular flexibility index (Phi) is 5.63. The van der Waals surface area contributed by atoms with Crippen molar-refractivity contribution in [3.05, 3.63) is 76.8 Å². The SMILES string of the molecule is Cc1ccccc1-c1nc(CCNS(=O)(=O)Cc2ccccc2)cs1. The highest BCUT2D eigenvalue weighted by molar-refractivity contribution is 7.88. The molecule has 0 aliphatic heterocycles. The van der Waals surface area contributed by atoms with Gasteiger partial charge in [0.25, 0.3) is 0 Å². The second-order valence-electron chi connectivity index (χ2n) is 5.85. The first-order chi connectivity index (χ1) is 12.0. The molecule has 3 aromatic rings. The average molecular weight is 373 g/mol. The Labute approximate surface area is 152 Å². The van der Waals surface area contributed by atoms with Crippen molar-refractivity contribution in [1.82, 2.24) is 9.71 Å². The van der Waals surface area contributed by atoms with Crippen LogP contribution in [-0.2, 0) is 22.2 Å². The molecule has 0 bridgehead atoms. The van der Waals surface area contributed by atoms with Gasteiger partial charge in [-0.3, -0.25) is 0 Å². The molecule has 25 heavy (non-hydrogen) atoms. The van der Waals surface area contributed by atoms with Gasteiger partial charge in [0.05, 0.1) is 11.4 Å². The van der Waals surface area contributed by atoms with Gasteiger partial charge in [-0.25, -0.2) is 18.1 Å². The van der Waals surface area contributed by atoms with E-state index in [1.165, 1.54) is 5.56 Å². The standard InChI is InChI=1S/C19H20N2O2S2/c1-15-7-5-6-10-18(15)19-21-17(13-24-19)11-12-20-25(22,23)14-16-8-3-2-4-9-16/h2-10,13,20H,11-12,14H2,1H3. The molecule has 0 atom stereocenters. The van der Waals surface area contributed by atoms with Gasteiger partial charge >= 0.3 is 0 Å². The van der Waals surface area contributed by atoms with Crippen LogP contribution >= 0.6 is 11.3 Å². The summed E-state index contributed by atoms with van der Waals surface area (Å²) in [5.41, 5.74) is 4.01. The Balaban J connectivity index is 1.57. The summed E-state index contributed by atoms with van der Waals surface area (Å²) >= 11 is 1.59. The summed E-state index contributed by atoms with van der Waals surface area (Å²) in [5.74, 6) is -0.000629. The summed E-state index contributed by atoms with van der Waals surface area (Å²) in [6, 6.07) is 17.3. The number of nitrogens with zero attached hydrogens (tertiary/aromatic N) is 1. The van der Waals surface area contributed by atoms with E-state index in [-0.39, 0.29) is 5.75 Å². The fourth-order valence-corrected chi connectivity index (χ4v) is 4.63. The van der Waals surface area contributed by atoms with Gasteiger partial charge < -0.3 is 0 Å². The predicted molar refractivity (Wildman–Crippen MR) is 103 cm³/mol. The first-order valence-corrected chi connectivity index (χ1v) is 10.6. The predicted octanol–water partition coefficient (Wildman–Crippen LogP) is 3.78. The summed E-state index contributed by atoms with van der Waals surface area (Å²) in [6.45, 7) is 2.42.